The molecule has 160 valence electrons. The van der Waals surface area contributed by atoms with Gasteiger partial charge in [0.2, 0.25) is 5.78 Å². The highest BCUT2D eigenvalue weighted by atomic mass is 19.1. The SMILES string of the molecule is Cc1c2c(cc3c1O/C(=C\C=C\c1ccccc1)C3=O)CN(Cc1ccc(F)cc1)CO2. The number of nitrogens with zero attached hydrogens (tertiary/aromatic N) is 1. The van der Waals surface area contributed by atoms with Gasteiger partial charge in [0.15, 0.2) is 5.76 Å². The molecule has 2 heterocycles. The van der Waals surface area contributed by atoms with Crippen molar-refractivity contribution in [1.29, 1.82) is 0 Å². The van der Waals surface area contributed by atoms with Gasteiger partial charge in [-0.15, -0.1) is 0 Å². The molecule has 0 amide bonds. The number of ketones is 1. The number of ether oxygens (including phenoxy) is 2. The number of hydrogen-bond donors (Lipinski definition) is 0. The second-order valence-electron chi connectivity index (χ2n) is 7.99. The Hall–Kier alpha value is -3.70. The smallest absolute Gasteiger partial charge is 0.231 e. The van der Waals surface area contributed by atoms with E-state index in [-0.39, 0.29) is 11.6 Å². The van der Waals surface area contributed by atoms with E-state index in [0.29, 0.717) is 36.9 Å². The molecule has 0 aromatic heterocycles. The molecular weight excluding hydrogens is 405 g/mol. The van der Waals surface area contributed by atoms with Crippen LogP contribution in [0.15, 0.2) is 78.6 Å². The van der Waals surface area contributed by atoms with Crippen molar-refractivity contribution in [2.45, 2.75) is 20.0 Å². The normalized spacial score (nSPS) is 16.7. The van der Waals surface area contributed by atoms with Gasteiger partial charge in [-0.25, -0.2) is 4.39 Å². The van der Waals surface area contributed by atoms with E-state index in [4.69, 9.17) is 9.47 Å². The second-order valence-corrected chi connectivity index (χ2v) is 7.99. The van der Waals surface area contributed by atoms with Crippen LogP contribution >= 0.6 is 0 Å². The largest absolute Gasteiger partial charge is 0.477 e. The standard InChI is InChI=1S/C27H22FNO3/c1-18-26-21(16-29(17-31-26)15-20-10-12-22(28)13-11-20)14-23-25(30)24(32-27(18)23)9-5-8-19-6-3-2-4-7-19/h2-14H,15-17H2,1H3/b8-5+,24-9-. The van der Waals surface area contributed by atoms with Gasteiger partial charge in [0.25, 0.3) is 0 Å². The molecule has 0 N–H and O–H groups in total. The Morgan fingerprint density at radius 3 is 2.62 bits per heavy atom. The van der Waals surface area contributed by atoms with Crippen LogP contribution < -0.4 is 9.47 Å². The Morgan fingerprint density at radius 1 is 1.06 bits per heavy atom. The van der Waals surface area contributed by atoms with Gasteiger partial charge in [0.1, 0.15) is 24.0 Å². The Kier molecular flexibility index (Phi) is 5.33. The van der Waals surface area contributed by atoms with Crippen molar-refractivity contribution in [2.75, 3.05) is 6.73 Å². The molecule has 0 fully saturated rings. The van der Waals surface area contributed by atoms with E-state index < -0.39 is 0 Å². The zero-order valence-corrected chi connectivity index (χ0v) is 17.7. The van der Waals surface area contributed by atoms with Crippen molar-refractivity contribution >= 4 is 11.9 Å². The highest BCUT2D eigenvalue weighted by Gasteiger charge is 2.33. The summed E-state index contributed by atoms with van der Waals surface area (Å²) in [7, 11) is 0. The number of hydrogen-bond acceptors (Lipinski definition) is 4. The summed E-state index contributed by atoms with van der Waals surface area (Å²) >= 11 is 0. The van der Waals surface area contributed by atoms with E-state index in [1.165, 1.54) is 12.1 Å². The maximum absolute atomic E-state index is 13.2. The number of rotatable bonds is 4. The monoisotopic (exact) mass is 427 g/mol. The fraction of sp³-hybridized carbons (Fsp3) is 0.148. The van der Waals surface area contributed by atoms with E-state index in [1.807, 2.05) is 55.5 Å². The number of carbonyl (C=O) groups is 1. The Balaban J connectivity index is 1.36. The lowest BCUT2D eigenvalue weighted by Gasteiger charge is -2.30. The average molecular weight is 427 g/mol. The van der Waals surface area contributed by atoms with Crippen molar-refractivity contribution in [3.05, 3.63) is 112 Å². The number of allylic oxidation sites excluding steroid dienone is 3. The average Bonchev–Trinajstić information content (AvgIpc) is 3.12. The molecule has 0 saturated heterocycles. The zero-order chi connectivity index (χ0) is 22.1. The summed E-state index contributed by atoms with van der Waals surface area (Å²) in [5.41, 5.74) is 4.41. The first-order valence-corrected chi connectivity index (χ1v) is 10.5. The summed E-state index contributed by atoms with van der Waals surface area (Å²) in [4.78, 5) is 15.1. The van der Waals surface area contributed by atoms with Crippen molar-refractivity contribution in [2.24, 2.45) is 0 Å². The predicted molar refractivity (Wildman–Crippen MR) is 121 cm³/mol. The van der Waals surface area contributed by atoms with Crippen LogP contribution in [0.3, 0.4) is 0 Å². The van der Waals surface area contributed by atoms with Gasteiger partial charge in [-0.2, -0.15) is 0 Å². The first-order valence-electron chi connectivity index (χ1n) is 10.5. The van der Waals surface area contributed by atoms with Gasteiger partial charge in [-0.05, 0) is 42.3 Å². The minimum Gasteiger partial charge on any atom is -0.477 e. The third-order valence-electron chi connectivity index (χ3n) is 5.66. The van der Waals surface area contributed by atoms with Gasteiger partial charge in [0, 0.05) is 24.2 Å². The molecule has 32 heavy (non-hydrogen) atoms. The summed E-state index contributed by atoms with van der Waals surface area (Å²) in [6, 6.07) is 18.2. The van der Waals surface area contributed by atoms with Crippen molar-refractivity contribution in [3.8, 4) is 11.5 Å². The van der Waals surface area contributed by atoms with Crippen molar-refractivity contribution < 1.29 is 18.7 Å². The van der Waals surface area contributed by atoms with E-state index in [2.05, 4.69) is 4.90 Å². The third kappa shape index (κ3) is 3.95. The molecule has 0 atom stereocenters. The van der Waals surface area contributed by atoms with Gasteiger partial charge < -0.3 is 9.47 Å². The highest BCUT2D eigenvalue weighted by molar-refractivity contribution is 6.13. The topological polar surface area (TPSA) is 38.8 Å². The number of halogens is 1. The lowest BCUT2D eigenvalue weighted by atomic mass is 10.00. The maximum atomic E-state index is 13.2. The summed E-state index contributed by atoms with van der Waals surface area (Å²) in [5.74, 6) is 1.27. The maximum Gasteiger partial charge on any atom is 0.231 e. The summed E-state index contributed by atoms with van der Waals surface area (Å²) in [6.45, 7) is 3.61. The number of carbonyl (C=O) groups excluding carboxylic acids is 1. The summed E-state index contributed by atoms with van der Waals surface area (Å²) in [6.07, 6.45) is 5.46. The van der Waals surface area contributed by atoms with Crippen LogP contribution in [0, 0.1) is 12.7 Å². The lowest BCUT2D eigenvalue weighted by Crippen LogP contribution is -2.32. The zero-order valence-electron chi connectivity index (χ0n) is 17.7. The molecule has 3 aromatic rings. The van der Waals surface area contributed by atoms with Gasteiger partial charge >= 0.3 is 0 Å². The van der Waals surface area contributed by atoms with Gasteiger partial charge in [0.05, 0.1) is 5.56 Å². The van der Waals surface area contributed by atoms with E-state index in [0.717, 1.165) is 28.0 Å². The highest BCUT2D eigenvalue weighted by Crippen LogP contribution is 2.43. The van der Waals surface area contributed by atoms with Crippen molar-refractivity contribution in [1.82, 2.24) is 4.90 Å². The fourth-order valence-corrected chi connectivity index (χ4v) is 4.07. The second kappa shape index (κ2) is 8.44. The first kappa shape index (κ1) is 20.2. The van der Waals surface area contributed by atoms with Crippen LogP contribution in [0.25, 0.3) is 6.08 Å². The fourth-order valence-electron chi connectivity index (χ4n) is 4.07. The molecule has 3 aromatic carbocycles. The Bertz CT molecular complexity index is 1230. The lowest BCUT2D eigenvalue weighted by molar-refractivity contribution is 0.0876. The van der Waals surface area contributed by atoms with Crippen LogP contribution in [0.5, 0.6) is 11.5 Å². The molecule has 2 aliphatic heterocycles. The minimum absolute atomic E-state index is 0.126. The number of Topliss-reactive ketones (excluding diaryl/α,β-unsaturated/α-hetero) is 1. The van der Waals surface area contributed by atoms with Crippen LogP contribution in [0.1, 0.15) is 32.6 Å². The molecule has 0 radical (unpaired) electrons. The molecular formula is C27H22FNO3. The summed E-state index contributed by atoms with van der Waals surface area (Å²) in [5, 5.41) is 0. The Labute approximate surface area is 186 Å². The van der Waals surface area contributed by atoms with E-state index >= 15 is 0 Å². The van der Waals surface area contributed by atoms with Crippen LogP contribution in [-0.4, -0.2) is 17.4 Å². The Morgan fingerprint density at radius 2 is 1.84 bits per heavy atom. The van der Waals surface area contributed by atoms with Crippen LogP contribution in [-0.2, 0) is 13.1 Å². The van der Waals surface area contributed by atoms with Crippen molar-refractivity contribution in [3.63, 3.8) is 0 Å². The van der Waals surface area contributed by atoms with Gasteiger partial charge in [-0.3, -0.25) is 9.69 Å². The third-order valence-corrected chi connectivity index (χ3v) is 5.66. The van der Waals surface area contributed by atoms with Gasteiger partial charge in [-0.1, -0.05) is 54.6 Å². The molecule has 0 spiro atoms. The molecule has 2 aliphatic rings. The molecule has 5 rings (SSSR count). The molecule has 0 unspecified atom stereocenters. The number of benzene rings is 3. The van der Waals surface area contributed by atoms with E-state index in [9.17, 15) is 9.18 Å². The number of fused-ring (bicyclic) bond motifs is 2. The van der Waals surface area contributed by atoms with Crippen LogP contribution in [0.2, 0.25) is 0 Å². The van der Waals surface area contributed by atoms with E-state index in [1.54, 1.807) is 18.2 Å². The molecule has 5 heteroatoms. The molecule has 0 bridgehead atoms. The quantitative estimate of drug-likeness (QED) is 0.504. The predicted octanol–water partition coefficient (Wildman–Crippen LogP) is 5.66. The minimum atomic E-state index is -0.249. The molecule has 0 saturated carbocycles. The first-order chi connectivity index (χ1) is 15.6. The molecule has 4 nitrogen and oxygen atoms in total. The summed E-state index contributed by atoms with van der Waals surface area (Å²) < 4.78 is 25.1. The van der Waals surface area contributed by atoms with Crippen LogP contribution in [0.4, 0.5) is 4.39 Å². The molecule has 0 aliphatic carbocycles.